The highest BCUT2D eigenvalue weighted by Crippen LogP contribution is 2.47. The average molecular weight is 315 g/mol. The van der Waals surface area contributed by atoms with E-state index in [-0.39, 0.29) is 11.2 Å². The fourth-order valence-corrected chi connectivity index (χ4v) is 2.73. The maximum atomic E-state index is 13.4. The number of hydrogen-bond donors (Lipinski definition) is 2. The number of halogens is 1. The molecule has 0 bridgehead atoms. The van der Waals surface area contributed by atoms with Crippen molar-refractivity contribution in [1.82, 2.24) is 20.4 Å². The summed E-state index contributed by atoms with van der Waals surface area (Å²) in [6.45, 7) is 2.29. The van der Waals surface area contributed by atoms with Crippen LogP contribution in [0.15, 0.2) is 47.7 Å². The van der Waals surface area contributed by atoms with Gasteiger partial charge < -0.3 is 10.6 Å². The maximum Gasteiger partial charge on any atom is 0.191 e. The Balaban J connectivity index is 1.50. The number of nitrogens with zero attached hydrogens (tertiary/aromatic N) is 3. The number of guanidine groups is 1. The van der Waals surface area contributed by atoms with Crippen molar-refractivity contribution in [2.75, 3.05) is 20.1 Å². The fourth-order valence-electron chi connectivity index (χ4n) is 2.73. The molecule has 2 aromatic rings. The highest BCUT2D eigenvalue weighted by Gasteiger charge is 2.44. The molecule has 0 amide bonds. The van der Waals surface area contributed by atoms with E-state index in [1.807, 2.05) is 23.0 Å². The Labute approximate surface area is 135 Å². The summed E-state index contributed by atoms with van der Waals surface area (Å²) in [6, 6.07) is 8.82. The minimum atomic E-state index is -0.171. The lowest BCUT2D eigenvalue weighted by Gasteiger charge is -2.19. The molecule has 6 heteroatoms. The van der Waals surface area contributed by atoms with Crippen molar-refractivity contribution in [2.24, 2.45) is 4.99 Å². The van der Waals surface area contributed by atoms with E-state index in [2.05, 4.69) is 20.7 Å². The number of nitrogens with one attached hydrogen (secondary N) is 2. The third-order valence-corrected chi connectivity index (χ3v) is 4.30. The number of aliphatic imine (C=N–C) groups is 1. The van der Waals surface area contributed by atoms with Gasteiger partial charge in [-0.3, -0.25) is 9.67 Å². The summed E-state index contributed by atoms with van der Waals surface area (Å²) in [5, 5.41) is 10.8. The number of rotatable bonds is 6. The molecule has 1 aliphatic rings. The van der Waals surface area contributed by atoms with Crippen LogP contribution < -0.4 is 10.6 Å². The second-order valence-corrected chi connectivity index (χ2v) is 5.91. The molecule has 0 atom stereocenters. The highest BCUT2D eigenvalue weighted by molar-refractivity contribution is 5.79. The first-order valence-electron chi connectivity index (χ1n) is 7.90. The zero-order valence-electron chi connectivity index (χ0n) is 13.3. The van der Waals surface area contributed by atoms with E-state index >= 15 is 0 Å². The summed E-state index contributed by atoms with van der Waals surface area (Å²) in [5.74, 6) is 0.593. The van der Waals surface area contributed by atoms with Gasteiger partial charge in [0.1, 0.15) is 5.82 Å². The lowest BCUT2D eigenvalue weighted by Crippen LogP contribution is -2.42. The normalized spacial score (nSPS) is 16.2. The fraction of sp³-hybridized carbons (Fsp3) is 0.412. The minimum absolute atomic E-state index is 0.0434. The van der Waals surface area contributed by atoms with Crippen molar-refractivity contribution >= 4 is 5.96 Å². The van der Waals surface area contributed by atoms with Crippen LogP contribution in [0.3, 0.4) is 0 Å². The van der Waals surface area contributed by atoms with Crippen molar-refractivity contribution < 1.29 is 4.39 Å². The van der Waals surface area contributed by atoms with Gasteiger partial charge in [0, 0.05) is 37.9 Å². The molecule has 0 unspecified atom stereocenters. The Bertz CT molecular complexity index is 661. The molecule has 122 valence electrons. The molecular formula is C17H22FN5. The summed E-state index contributed by atoms with van der Waals surface area (Å²) in [6.07, 6.45) is 5.85. The first kappa shape index (κ1) is 15.5. The van der Waals surface area contributed by atoms with Crippen molar-refractivity contribution in [2.45, 2.75) is 24.8 Å². The standard InChI is InChI=1S/C17H22FN5/c1-19-16(20-9-11-23-10-3-8-22-23)21-13-17(6-7-17)14-4-2-5-15(18)12-14/h2-5,8,10,12H,6-7,9,11,13H2,1H3,(H2,19,20,21). The topological polar surface area (TPSA) is 54.2 Å². The molecule has 5 nitrogen and oxygen atoms in total. The summed E-state index contributed by atoms with van der Waals surface area (Å²) in [4.78, 5) is 4.24. The third-order valence-electron chi connectivity index (χ3n) is 4.30. The summed E-state index contributed by atoms with van der Waals surface area (Å²) in [5.41, 5.74) is 1.11. The molecule has 1 heterocycles. The van der Waals surface area contributed by atoms with Gasteiger partial charge in [-0.15, -0.1) is 0 Å². The second kappa shape index (κ2) is 6.81. The van der Waals surface area contributed by atoms with Gasteiger partial charge in [-0.05, 0) is 36.6 Å². The largest absolute Gasteiger partial charge is 0.356 e. The molecule has 0 saturated heterocycles. The Morgan fingerprint density at radius 1 is 1.35 bits per heavy atom. The van der Waals surface area contributed by atoms with Crippen LogP contribution in [0.1, 0.15) is 18.4 Å². The molecule has 0 radical (unpaired) electrons. The van der Waals surface area contributed by atoms with Gasteiger partial charge in [-0.2, -0.15) is 5.10 Å². The van der Waals surface area contributed by atoms with Gasteiger partial charge in [0.2, 0.25) is 0 Å². The SMILES string of the molecule is CN=C(NCCn1cccn1)NCC1(c2cccc(F)c2)CC1. The zero-order valence-corrected chi connectivity index (χ0v) is 13.3. The summed E-state index contributed by atoms with van der Waals surface area (Å²) >= 11 is 0. The summed E-state index contributed by atoms with van der Waals surface area (Å²) < 4.78 is 15.3. The van der Waals surface area contributed by atoms with Gasteiger partial charge >= 0.3 is 0 Å². The molecule has 3 rings (SSSR count). The average Bonchev–Trinajstić information content (AvgIpc) is 3.18. The van der Waals surface area contributed by atoms with Gasteiger partial charge in [0.15, 0.2) is 5.96 Å². The van der Waals surface area contributed by atoms with Gasteiger partial charge in [-0.25, -0.2) is 4.39 Å². The first-order valence-corrected chi connectivity index (χ1v) is 7.90. The Morgan fingerprint density at radius 2 is 2.22 bits per heavy atom. The molecule has 1 aromatic heterocycles. The zero-order chi connectivity index (χ0) is 16.1. The van der Waals surface area contributed by atoms with E-state index in [9.17, 15) is 4.39 Å². The molecule has 1 aliphatic carbocycles. The van der Waals surface area contributed by atoms with E-state index in [1.165, 1.54) is 6.07 Å². The van der Waals surface area contributed by atoms with E-state index < -0.39 is 0 Å². The summed E-state index contributed by atoms with van der Waals surface area (Å²) in [7, 11) is 1.75. The Kier molecular flexibility index (Phi) is 4.60. The molecule has 1 saturated carbocycles. The van der Waals surface area contributed by atoms with E-state index in [1.54, 1.807) is 25.4 Å². The number of benzene rings is 1. The van der Waals surface area contributed by atoms with Crippen molar-refractivity contribution in [1.29, 1.82) is 0 Å². The van der Waals surface area contributed by atoms with Crippen LogP contribution in [0.2, 0.25) is 0 Å². The molecule has 0 aliphatic heterocycles. The predicted octanol–water partition coefficient (Wildman–Crippen LogP) is 1.92. The third kappa shape index (κ3) is 3.88. The lowest BCUT2D eigenvalue weighted by molar-refractivity contribution is 0.587. The molecule has 1 fully saturated rings. The van der Waals surface area contributed by atoms with Crippen molar-refractivity contribution in [3.63, 3.8) is 0 Å². The number of hydrogen-bond acceptors (Lipinski definition) is 2. The van der Waals surface area contributed by atoms with Crippen LogP contribution in [0, 0.1) is 5.82 Å². The van der Waals surface area contributed by atoms with Crippen LogP contribution in [-0.4, -0.2) is 35.9 Å². The van der Waals surface area contributed by atoms with E-state index in [0.29, 0.717) is 0 Å². The van der Waals surface area contributed by atoms with E-state index in [0.717, 1.165) is 44.0 Å². The van der Waals surface area contributed by atoms with Gasteiger partial charge in [0.25, 0.3) is 0 Å². The van der Waals surface area contributed by atoms with Crippen LogP contribution in [0.4, 0.5) is 4.39 Å². The highest BCUT2D eigenvalue weighted by atomic mass is 19.1. The smallest absolute Gasteiger partial charge is 0.191 e. The lowest BCUT2D eigenvalue weighted by atomic mass is 9.96. The Hall–Kier alpha value is -2.37. The maximum absolute atomic E-state index is 13.4. The second-order valence-electron chi connectivity index (χ2n) is 5.91. The quantitative estimate of drug-likeness (QED) is 0.632. The van der Waals surface area contributed by atoms with Gasteiger partial charge in [-0.1, -0.05) is 12.1 Å². The van der Waals surface area contributed by atoms with Crippen molar-refractivity contribution in [3.05, 3.63) is 54.1 Å². The van der Waals surface area contributed by atoms with Crippen LogP contribution in [0.25, 0.3) is 0 Å². The number of aromatic nitrogens is 2. The van der Waals surface area contributed by atoms with Gasteiger partial charge in [0.05, 0.1) is 6.54 Å². The first-order chi connectivity index (χ1) is 11.2. The Morgan fingerprint density at radius 3 is 2.87 bits per heavy atom. The van der Waals surface area contributed by atoms with Crippen LogP contribution in [0.5, 0.6) is 0 Å². The van der Waals surface area contributed by atoms with E-state index in [4.69, 9.17) is 0 Å². The van der Waals surface area contributed by atoms with Crippen LogP contribution >= 0.6 is 0 Å². The van der Waals surface area contributed by atoms with Crippen molar-refractivity contribution in [3.8, 4) is 0 Å². The minimum Gasteiger partial charge on any atom is -0.356 e. The predicted molar refractivity (Wildman–Crippen MR) is 88.9 cm³/mol. The molecular weight excluding hydrogens is 293 g/mol. The molecule has 23 heavy (non-hydrogen) atoms. The molecule has 1 aromatic carbocycles. The monoisotopic (exact) mass is 315 g/mol. The van der Waals surface area contributed by atoms with Crippen LogP contribution in [-0.2, 0) is 12.0 Å². The molecule has 0 spiro atoms. The molecule has 2 N–H and O–H groups in total.